The van der Waals surface area contributed by atoms with Gasteiger partial charge in [0, 0.05) is 5.38 Å². The van der Waals surface area contributed by atoms with Gasteiger partial charge in [-0.25, -0.2) is 9.78 Å². The van der Waals surface area contributed by atoms with E-state index in [1.54, 1.807) is 0 Å². The van der Waals surface area contributed by atoms with Crippen molar-refractivity contribution in [2.45, 2.75) is 23.3 Å². The van der Waals surface area contributed by atoms with Crippen molar-refractivity contribution in [3.05, 3.63) is 16.8 Å². The number of rotatable bonds is 2. The first-order valence-corrected chi connectivity index (χ1v) is 6.16. The van der Waals surface area contributed by atoms with Gasteiger partial charge in [-0.3, -0.25) is 4.57 Å². The summed E-state index contributed by atoms with van der Waals surface area (Å²) in [6.45, 7) is -0.513. The van der Waals surface area contributed by atoms with E-state index in [0.717, 1.165) is 10.9 Å². The number of nitrogens with zero attached hydrogens (tertiary/aromatic N) is 3. The molecule has 1 aliphatic heterocycles. The van der Waals surface area contributed by atoms with Crippen LogP contribution in [0.1, 0.15) is 6.23 Å². The normalized spacial score (nSPS) is 32.7. The Balaban J connectivity index is 2.52. The molecule has 4 atom stereocenters. The number of ether oxygens (including phenoxy) is 1. The third kappa shape index (κ3) is 2.34. The Bertz CT molecular complexity index is 628. The van der Waals surface area contributed by atoms with Gasteiger partial charge in [0.2, 0.25) is 5.95 Å². The van der Waals surface area contributed by atoms with Crippen molar-refractivity contribution in [2.75, 3.05) is 12.3 Å². The Morgan fingerprint density at radius 3 is 2.90 bits per heavy atom. The second kappa shape index (κ2) is 5.55. The van der Waals surface area contributed by atoms with Crippen LogP contribution >= 0.6 is 23.2 Å². The zero-order valence-electron chi connectivity index (χ0n) is 9.90. The van der Waals surface area contributed by atoms with Crippen molar-refractivity contribution in [3.8, 4) is 11.3 Å². The summed E-state index contributed by atoms with van der Waals surface area (Å²) < 4.78 is 6.27. The Labute approximate surface area is 123 Å². The predicted octanol–water partition coefficient (Wildman–Crippen LogP) is -1.35. The van der Waals surface area contributed by atoms with E-state index in [0.29, 0.717) is 0 Å². The standard InChI is InChI=1S/C10H10Cl2N4O4/c11-2-1-10(12)6(18)5(3-17)20-7(10)16-4-14-8(13)15-9(16)19/h4-7,17-18H,3H2,(H2,13,15,19)/t5-,6?,7-,10-/m1/s1. The molecule has 1 aromatic rings. The molecule has 0 spiro atoms. The second-order valence-corrected chi connectivity index (χ2v) is 4.86. The Hall–Kier alpha value is -1.37. The number of aromatic nitrogens is 3. The highest BCUT2D eigenvalue weighted by molar-refractivity contribution is 6.32. The minimum atomic E-state index is -1.72. The number of aliphatic hydroxyl groups excluding tert-OH is 2. The van der Waals surface area contributed by atoms with Gasteiger partial charge in [-0.05, 0) is 11.6 Å². The van der Waals surface area contributed by atoms with Gasteiger partial charge in [0.15, 0.2) is 11.1 Å². The highest BCUT2D eigenvalue weighted by atomic mass is 35.5. The average molecular weight is 321 g/mol. The molecule has 1 aromatic heterocycles. The third-order valence-electron chi connectivity index (χ3n) is 2.86. The van der Waals surface area contributed by atoms with Gasteiger partial charge in [0.05, 0.1) is 6.61 Å². The van der Waals surface area contributed by atoms with Crippen LogP contribution in [0.4, 0.5) is 5.95 Å². The van der Waals surface area contributed by atoms with Crippen LogP contribution in [-0.4, -0.2) is 48.4 Å². The van der Waals surface area contributed by atoms with E-state index in [4.69, 9.17) is 38.8 Å². The Kier molecular flexibility index (Phi) is 4.17. The number of nitrogens with two attached hydrogens (primary N) is 1. The maximum absolute atomic E-state index is 11.8. The first-order valence-electron chi connectivity index (χ1n) is 5.40. The molecule has 0 bridgehead atoms. The Morgan fingerprint density at radius 1 is 1.65 bits per heavy atom. The van der Waals surface area contributed by atoms with E-state index < -0.39 is 35.6 Å². The van der Waals surface area contributed by atoms with Gasteiger partial charge in [0.25, 0.3) is 0 Å². The van der Waals surface area contributed by atoms with Crippen LogP contribution in [0.15, 0.2) is 11.1 Å². The van der Waals surface area contributed by atoms with E-state index >= 15 is 0 Å². The number of halogens is 2. The molecule has 1 saturated heterocycles. The van der Waals surface area contributed by atoms with Crippen molar-refractivity contribution in [3.63, 3.8) is 0 Å². The number of nitrogen functional groups attached to an aromatic ring is 1. The first kappa shape index (κ1) is 15.0. The van der Waals surface area contributed by atoms with E-state index in [2.05, 4.69) is 15.9 Å². The molecule has 2 heterocycles. The van der Waals surface area contributed by atoms with Crippen molar-refractivity contribution < 1.29 is 14.9 Å². The van der Waals surface area contributed by atoms with E-state index in [-0.39, 0.29) is 5.95 Å². The summed E-state index contributed by atoms with van der Waals surface area (Å²) in [5.74, 6) is 2.16. The maximum atomic E-state index is 11.8. The summed E-state index contributed by atoms with van der Waals surface area (Å²) >= 11 is 11.5. The third-order valence-corrected chi connectivity index (χ3v) is 3.46. The molecular formula is C10H10Cl2N4O4. The maximum Gasteiger partial charge on any atom is 0.354 e. The van der Waals surface area contributed by atoms with Gasteiger partial charge in [-0.2, -0.15) is 4.98 Å². The fourth-order valence-electron chi connectivity index (χ4n) is 1.89. The van der Waals surface area contributed by atoms with Crippen molar-refractivity contribution in [2.24, 2.45) is 0 Å². The molecule has 108 valence electrons. The molecule has 4 N–H and O–H groups in total. The highest BCUT2D eigenvalue weighted by Crippen LogP contribution is 2.42. The molecule has 10 heteroatoms. The average Bonchev–Trinajstić information content (AvgIpc) is 2.63. The highest BCUT2D eigenvalue weighted by Gasteiger charge is 2.56. The summed E-state index contributed by atoms with van der Waals surface area (Å²) in [5.41, 5.74) is 4.50. The lowest BCUT2D eigenvalue weighted by Gasteiger charge is -2.24. The van der Waals surface area contributed by atoms with Gasteiger partial charge >= 0.3 is 5.69 Å². The first-order chi connectivity index (χ1) is 9.43. The zero-order chi connectivity index (χ0) is 14.9. The number of hydrogen-bond acceptors (Lipinski definition) is 7. The topological polar surface area (TPSA) is 123 Å². The van der Waals surface area contributed by atoms with Crippen molar-refractivity contribution in [1.29, 1.82) is 0 Å². The quantitative estimate of drug-likeness (QED) is 0.454. The summed E-state index contributed by atoms with van der Waals surface area (Å²) in [6.07, 6.45) is -2.56. The minimum Gasteiger partial charge on any atom is -0.394 e. The molecule has 8 nitrogen and oxygen atoms in total. The molecule has 0 aliphatic carbocycles. The fourth-order valence-corrected chi connectivity index (χ4v) is 2.44. The monoisotopic (exact) mass is 320 g/mol. The summed E-state index contributed by atoms with van der Waals surface area (Å²) in [6, 6.07) is 0. The molecular weight excluding hydrogens is 311 g/mol. The zero-order valence-corrected chi connectivity index (χ0v) is 11.4. The van der Waals surface area contributed by atoms with Crippen LogP contribution < -0.4 is 11.4 Å². The van der Waals surface area contributed by atoms with E-state index in [9.17, 15) is 9.90 Å². The lowest BCUT2D eigenvalue weighted by atomic mass is 10.00. The van der Waals surface area contributed by atoms with E-state index in [1.165, 1.54) is 0 Å². The summed E-state index contributed by atoms with van der Waals surface area (Å²) in [7, 11) is 0. The van der Waals surface area contributed by atoms with Gasteiger partial charge < -0.3 is 20.7 Å². The smallest absolute Gasteiger partial charge is 0.354 e. The summed E-state index contributed by atoms with van der Waals surface area (Å²) in [5, 5.41) is 21.3. The minimum absolute atomic E-state index is 0.216. The molecule has 1 unspecified atom stereocenters. The fraction of sp³-hybridized carbons (Fsp3) is 0.500. The Morgan fingerprint density at radius 2 is 2.35 bits per heavy atom. The molecule has 0 radical (unpaired) electrons. The largest absolute Gasteiger partial charge is 0.394 e. The van der Waals surface area contributed by atoms with Gasteiger partial charge in [0.1, 0.15) is 18.5 Å². The molecule has 2 rings (SSSR count). The van der Waals surface area contributed by atoms with Crippen molar-refractivity contribution in [1.82, 2.24) is 14.5 Å². The molecule has 1 fully saturated rings. The molecule has 20 heavy (non-hydrogen) atoms. The second-order valence-electron chi connectivity index (χ2n) is 4.05. The molecule has 0 saturated carbocycles. The summed E-state index contributed by atoms with van der Waals surface area (Å²) in [4.78, 5) is 17.1. The van der Waals surface area contributed by atoms with Gasteiger partial charge in [-0.1, -0.05) is 17.5 Å². The number of aliphatic hydroxyl groups is 2. The number of hydrogen-bond donors (Lipinski definition) is 3. The van der Waals surface area contributed by atoms with Crippen LogP contribution in [0.3, 0.4) is 0 Å². The van der Waals surface area contributed by atoms with Crippen LogP contribution in [0.5, 0.6) is 0 Å². The van der Waals surface area contributed by atoms with Crippen molar-refractivity contribution >= 4 is 29.2 Å². The number of anilines is 1. The van der Waals surface area contributed by atoms with Crippen LogP contribution in [-0.2, 0) is 4.74 Å². The predicted molar refractivity (Wildman–Crippen MR) is 69.9 cm³/mol. The number of alkyl halides is 1. The van der Waals surface area contributed by atoms with Crippen LogP contribution in [0.25, 0.3) is 0 Å². The van der Waals surface area contributed by atoms with E-state index in [1.807, 2.05) is 5.38 Å². The van der Waals surface area contributed by atoms with Gasteiger partial charge in [-0.15, -0.1) is 0 Å². The lowest BCUT2D eigenvalue weighted by molar-refractivity contribution is -0.0467. The molecule has 1 aliphatic rings. The SMILES string of the molecule is Nc1ncn([C@@H]2O[C@H](CO)C(O)[C@]2(Cl)C#CCl)c(=O)n1. The molecule has 0 aromatic carbocycles. The van der Waals surface area contributed by atoms with Crippen LogP contribution in [0.2, 0.25) is 0 Å². The lowest BCUT2D eigenvalue weighted by Crippen LogP contribution is -2.43. The molecule has 0 amide bonds. The van der Waals surface area contributed by atoms with Crippen LogP contribution in [0, 0.1) is 11.3 Å².